The second-order valence-electron chi connectivity index (χ2n) is 4.70. The van der Waals surface area contributed by atoms with Crippen LogP contribution < -0.4 is 5.32 Å². The maximum Gasteiger partial charge on any atom is 0.236 e. The molecule has 3 heterocycles. The predicted molar refractivity (Wildman–Crippen MR) is 90.1 cm³/mol. The predicted octanol–water partition coefficient (Wildman–Crippen LogP) is 2.47. The van der Waals surface area contributed by atoms with Crippen molar-refractivity contribution in [2.45, 2.75) is 18.9 Å². The molecule has 0 aliphatic heterocycles. The minimum absolute atomic E-state index is 0.130. The fraction of sp³-hybridized carbons (Fsp3) is 0.214. The van der Waals surface area contributed by atoms with Gasteiger partial charge in [0.2, 0.25) is 5.91 Å². The van der Waals surface area contributed by atoms with Crippen molar-refractivity contribution in [3.8, 4) is 5.82 Å². The molecule has 9 heteroatoms. The summed E-state index contributed by atoms with van der Waals surface area (Å²) in [4.78, 5) is 24.7. The lowest BCUT2D eigenvalue weighted by molar-refractivity contribution is -0.113. The molecule has 3 rings (SSSR count). The molecule has 0 aromatic carbocycles. The normalized spacial score (nSPS) is 10.7. The van der Waals surface area contributed by atoms with Gasteiger partial charge < -0.3 is 5.32 Å². The van der Waals surface area contributed by atoms with E-state index in [2.05, 4.69) is 25.4 Å². The fourth-order valence-electron chi connectivity index (χ4n) is 1.98. The van der Waals surface area contributed by atoms with Crippen LogP contribution in [0.25, 0.3) is 5.82 Å². The first kappa shape index (κ1) is 15.6. The quantitative estimate of drug-likeness (QED) is 0.714. The SMILES string of the molecule is Cc1cc(C)n(-c2nccnc2SCC(=O)Nc2nccs2)n1. The number of carbonyl (C=O) groups excluding carboxylic acids is 1. The van der Waals surface area contributed by atoms with Crippen LogP contribution in [0.15, 0.2) is 35.1 Å². The first-order valence-electron chi connectivity index (χ1n) is 6.80. The number of aryl methyl sites for hydroxylation is 2. The Labute approximate surface area is 141 Å². The van der Waals surface area contributed by atoms with Crippen molar-refractivity contribution in [3.63, 3.8) is 0 Å². The summed E-state index contributed by atoms with van der Waals surface area (Å²) in [5.41, 5.74) is 1.88. The molecular formula is C14H14N6OS2. The van der Waals surface area contributed by atoms with E-state index in [1.165, 1.54) is 23.1 Å². The number of amides is 1. The van der Waals surface area contributed by atoms with Gasteiger partial charge in [-0.25, -0.2) is 19.6 Å². The van der Waals surface area contributed by atoms with Gasteiger partial charge in [-0.3, -0.25) is 4.79 Å². The Balaban J connectivity index is 1.73. The summed E-state index contributed by atoms with van der Waals surface area (Å²) in [6, 6.07) is 1.97. The standard InChI is InChI=1S/C14H14N6OS2/c1-9-7-10(2)20(19-9)12-13(16-4-3-15-12)23-8-11(21)18-14-17-5-6-22-14/h3-7H,8H2,1-2H3,(H,17,18,21). The van der Waals surface area contributed by atoms with Gasteiger partial charge in [-0.05, 0) is 19.9 Å². The summed E-state index contributed by atoms with van der Waals surface area (Å²) in [6.45, 7) is 3.88. The maximum atomic E-state index is 12.0. The van der Waals surface area contributed by atoms with Gasteiger partial charge in [0, 0.05) is 29.7 Å². The molecule has 0 aliphatic rings. The number of anilines is 1. The number of hydrogen-bond acceptors (Lipinski definition) is 7. The molecule has 0 radical (unpaired) electrons. The zero-order valence-electron chi connectivity index (χ0n) is 12.6. The summed E-state index contributed by atoms with van der Waals surface area (Å²) in [5.74, 6) is 0.727. The van der Waals surface area contributed by atoms with Crippen LogP contribution in [0, 0.1) is 13.8 Å². The number of thioether (sulfide) groups is 1. The average Bonchev–Trinajstić information content (AvgIpc) is 3.15. The fourth-order valence-corrected chi connectivity index (χ4v) is 3.27. The largest absolute Gasteiger partial charge is 0.301 e. The second-order valence-corrected chi connectivity index (χ2v) is 6.56. The molecule has 0 spiro atoms. The second kappa shape index (κ2) is 6.88. The lowest BCUT2D eigenvalue weighted by Gasteiger charge is -2.08. The Morgan fingerprint density at radius 3 is 2.78 bits per heavy atom. The Hall–Kier alpha value is -2.26. The molecule has 7 nitrogen and oxygen atoms in total. The van der Waals surface area contributed by atoms with Crippen molar-refractivity contribution in [2.24, 2.45) is 0 Å². The topological polar surface area (TPSA) is 85.6 Å². The number of nitrogens with one attached hydrogen (secondary N) is 1. The maximum absolute atomic E-state index is 12.0. The number of thiazole rings is 1. The number of rotatable bonds is 5. The van der Waals surface area contributed by atoms with Crippen LogP contribution in [0.1, 0.15) is 11.4 Å². The Morgan fingerprint density at radius 2 is 2.09 bits per heavy atom. The molecule has 0 saturated heterocycles. The molecule has 23 heavy (non-hydrogen) atoms. The Kier molecular flexibility index (Phi) is 4.68. The number of hydrogen-bond donors (Lipinski definition) is 1. The number of nitrogens with zero attached hydrogens (tertiary/aromatic N) is 5. The third kappa shape index (κ3) is 3.74. The third-order valence-corrected chi connectivity index (χ3v) is 4.53. The van der Waals surface area contributed by atoms with E-state index in [0.717, 1.165) is 11.4 Å². The molecule has 0 atom stereocenters. The molecule has 0 unspecified atom stereocenters. The summed E-state index contributed by atoms with van der Waals surface area (Å²) in [7, 11) is 0. The molecular weight excluding hydrogens is 332 g/mol. The van der Waals surface area contributed by atoms with E-state index in [1.807, 2.05) is 25.3 Å². The monoisotopic (exact) mass is 346 g/mol. The highest BCUT2D eigenvalue weighted by atomic mass is 32.2. The van der Waals surface area contributed by atoms with E-state index in [9.17, 15) is 4.79 Å². The van der Waals surface area contributed by atoms with Crippen molar-refractivity contribution in [1.82, 2.24) is 24.7 Å². The highest BCUT2D eigenvalue weighted by Gasteiger charge is 2.14. The molecule has 1 amide bonds. The molecule has 118 valence electrons. The van der Waals surface area contributed by atoms with Crippen molar-refractivity contribution in [3.05, 3.63) is 41.4 Å². The van der Waals surface area contributed by atoms with Crippen molar-refractivity contribution >= 4 is 34.1 Å². The molecule has 1 N–H and O–H groups in total. The number of aromatic nitrogens is 5. The van der Waals surface area contributed by atoms with Crippen LogP contribution >= 0.6 is 23.1 Å². The minimum atomic E-state index is -0.130. The highest BCUT2D eigenvalue weighted by molar-refractivity contribution is 8.00. The van der Waals surface area contributed by atoms with Gasteiger partial charge in [0.05, 0.1) is 11.4 Å². The van der Waals surface area contributed by atoms with Gasteiger partial charge in [0.15, 0.2) is 10.9 Å². The van der Waals surface area contributed by atoms with Gasteiger partial charge in [-0.1, -0.05) is 11.8 Å². The summed E-state index contributed by atoms with van der Waals surface area (Å²) >= 11 is 2.70. The Bertz CT molecular complexity index is 815. The van der Waals surface area contributed by atoms with Gasteiger partial charge in [0.25, 0.3) is 0 Å². The first-order chi connectivity index (χ1) is 11.1. The zero-order chi connectivity index (χ0) is 16.2. The highest BCUT2D eigenvalue weighted by Crippen LogP contribution is 2.23. The van der Waals surface area contributed by atoms with Crippen LogP contribution in [0.3, 0.4) is 0 Å². The molecule has 3 aromatic heterocycles. The molecule has 3 aromatic rings. The van der Waals surface area contributed by atoms with Crippen LogP contribution in [0.2, 0.25) is 0 Å². The first-order valence-corrected chi connectivity index (χ1v) is 8.67. The molecule has 0 bridgehead atoms. The van der Waals surface area contributed by atoms with Gasteiger partial charge in [0.1, 0.15) is 5.03 Å². The van der Waals surface area contributed by atoms with Crippen LogP contribution in [0.4, 0.5) is 5.13 Å². The van der Waals surface area contributed by atoms with Crippen molar-refractivity contribution < 1.29 is 4.79 Å². The number of carbonyl (C=O) groups is 1. The minimum Gasteiger partial charge on any atom is -0.301 e. The zero-order valence-corrected chi connectivity index (χ0v) is 14.2. The van der Waals surface area contributed by atoms with Gasteiger partial charge in [-0.2, -0.15) is 5.10 Å². The molecule has 0 saturated carbocycles. The molecule has 0 fully saturated rings. The van der Waals surface area contributed by atoms with Crippen molar-refractivity contribution in [1.29, 1.82) is 0 Å². The van der Waals surface area contributed by atoms with E-state index < -0.39 is 0 Å². The van der Waals surface area contributed by atoms with E-state index >= 15 is 0 Å². The van der Waals surface area contributed by atoms with E-state index in [4.69, 9.17) is 0 Å². The van der Waals surface area contributed by atoms with Crippen LogP contribution in [-0.2, 0) is 4.79 Å². The van der Waals surface area contributed by atoms with Crippen LogP contribution in [-0.4, -0.2) is 36.4 Å². The lowest BCUT2D eigenvalue weighted by Crippen LogP contribution is -2.14. The van der Waals surface area contributed by atoms with E-state index in [-0.39, 0.29) is 11.7 Å². The lowest BCUT2D eigenvalue weighted by atomic mass is 10.4. The van der Waals surface area contributed by atoms with E-state index in [1.54, 1.807) is 23.3 Å². The van der Waals surface area contributed by atoms with Gasteiger partial charge >= 0.3 is 0 Å². The van der Waals surface area contributed by atoms with Gasteiger partial charge in [-0.15, -0.1) is 11.3 Å². The van der Waals surface area contributed by atoms with Crippen molar-refractivity contribution in [2.75, 3.05) is 11.1 Å². The smallest absolute Gasteiger partial charge is 0.236 e. The van der Waals surface area contributed by atoms with Crippen LogP contribution in [0.5, 0.6) is 0 Å². The van der Waals surface area contributed by atoms with E-state index in [0.29, 0.717) is 16.0 Å². The Morgan fingerprint density at radius 1 is 1.26 bits per heavy atom. The summed E-state index contributed by atoms with van der Waals surface area (Å²) in [5, 5.41) is 10.2. The third-order valence-electron chi connectivity index (χ3n) is 2.88. The average molecular weight is 346 g/mol. The summed E-state index contributed by atoms with van der Waals surface area (Å²) < 4.78 is 1.74. The summed E-state index contributed by atoms with van der Waals surface area (Å²) in [6.07, 6.45) is 4.87. The molecule has 0 aliphatic carbocycles.